The van der Waals surface area contributed by atoms with Crippen LogP contribution in [0.4, 0.5) is 0 Å². The maximum atomic E-state index is 11.7. The van der Waals surface area contributed by atoms with Gasteiger partial charge >= 0.3 is 0 Å². The lowest BCUT2D eigenvalue weighted by Crippen LogP contribution is -2.12. The van der Waals surface area contributed by atoms with Crippen LogP contribution in [-0.2, 0) is 38.5 Å². The molecule has 1 N–H and O–H groups in total. The highest BCUT2D eigenvalue weighted by molar-refractivity contribution is 5.48. The molecule has 0 radical (unpaired) electrons. The van der Waals surface area contributed by atoms with Gasteiger partial charge in [-0.3, -0.25) is 0 Å². The van der Waals surface area contributed by atoms with E-state index in [0.29, 0.717) is 23.5 Å². The van der Waals surface area contributed by atoms with Crippen molar-refractivity contribution in [2.24, 2.45) is 0 Å². The molecule has 0 saturated carbocycles. The van der Waals surface area contributed by atoms with Gasteiger partial charge in [-0.2, -0.15) is 0 Å². The van der Waals surface area contributed by atoms with Crippen LogP contribution in [0.15, 0.2) is 84.9 Å². The van der Waals surface area contributed by atoms with Crippen molar-refractivity contribution in [2.75, 3.05) is 0 Å². The normalized spacial score (nSPS) is 13.3. The number of rotatable bonds is 21. The number of phenolic OH excluding ortho intramolecular Hbond substituents is 1. The Balaban J connectivity index is 1.72. The summed E-state index contributed by atoms with van der Waals surface area (Å²) in [5.41, 5.74) is 12.8. The van der Waals surface area contributed by atoms with Gasteiger partial charge in [0.2, 0.25) is 0 Å². The van der Waals surface area contributed by atoms with Crippen molar-refractivity contribution < 1.29 is 5.11 Å². The van der Waals surface area contributed by atoms with Gasteiger partial charge in [-0.25, -0.2) is 0 Å². The molecule has 0 saturated heterocycles. The van der Waals surface area contributed by atoms with Crippen molar-refractivity contribution in [3.8, 4) is 5.75 Å². The fraction of sp³-hybridized carbons (Fsp3) is 0.500. The number of aryl methyl sites for hydroxylation is 3. The molecular formula is C48H66O. The molecule has 264 valence electrons. The van der Waals surface area contributed by atoms with Crippen molar-refractivity contribution in [2.45, 2.75) is 156 Å². The van der Waals surface area contributed by atoms with Crippen LogP contribution in [0.25, 0.3) is 0 Å². The average Bonchev–Trinajstić information content (AvgIpc) is 3.11. The van der Waals surface area contributed by atoms with Crippen molar-refractivity contribution in [3.63, 3.8) is 0 Å². The van der Waals surface area contributed by atoms with E-state index < -0.39 is 0 Å². The number of hydrogen-bond acceptors (Lipinski definition) is 1. The van der Waals surface area contributed by atoms with Gasteiger partial charge in [0.25, 0.3) is 0 Å². The Bertz CT molecular complexity index is 1550. The molecule has 0 amide bonds. The molecule has 0 spiro atoms. The molecule has 4 aromatic rings. The lowest BCUT2D eigenvalue weighted by Gasteiger charge is -2.26. The quantitative estimate of drug-likeness (QED) is 0.0883. The van der Waals surface area contributed by atoms with Gasteiger partial charge in [-0.1, -0.05) is 159 Å². The predicted molar refractivity (Wildman–Crippen MR) is 213 cm³/mol. The predicted octanol–water partition coefficient (Wildman–Crippen LogP) is 13.6. The Kier molecular flexibility index (Phi) is 16.0. The standard InChI is InChI=1S/C48H66O/c1-7-10-13-22-39-25-16-19-28-43(39)36(4)33-42-31-32-48(49)47(35-38(6)45-30-21-18-27-41(45)24-15-12-9-3)46(42)34-37(5)44-29-20-17-26-40(44)23-14-11-8-2/h16-21,25-32,36-38,49H,7-15,22-24,33-35H2,1-6H3. The first kappa shape index (κ1) is 38.5. The van der Waals surface area contributed by atoms with E-state index in [1.807, 2.05) is 6.07 Å². The van der Waals surface area contributed by atoms with Gasteiger partial charge in [0.05, 0.1) is 0 Å². The SMILES string of the molecule is CCCCCc1ccccc1C(C)Cc1ccc(O)c(CC(C)c2ccccc2CCCCC)c1CC(C)c1ccccc1CCCCC. The summed E-state index contributed by atoms with van der Waals surface area (Å²) in [7, 11) is 0. The number of aromatic hydroxyl groups is 1. The molecule has 0 heterocycles. The van der Waals surface area contributed by atoms with Gasteiger partial charge < -0.3 is 5.11 Å². The molecule has 0 aliphatic carbocycles. The average molecular weight is 659 g/mol. The van der Waals surface area contributed by atoms with Gasteiger partial charge in [-0.05, 0) is 132 Å². The van der Waals surface area contributed by atoms with Crippen LogP contribution < -0.4 is 0 Å². The summed E-state index contributed by atoms with van der Waals surface area (Å²) in [6, 6.07) is 31.6. The maximum Gasteiger partial charge on any atom is 0.119 e. The summed E-state index contributed by atoms with van der Waals surface area (Å²) in [4.78, 5) is 0. The topological polar surface area (TPSA) is 20.2 Å². The molecule has 0 bridgehead atoms. The molecule has 3 atom stereocenters. The van der Waals surface area contributed by atoms with E-state index in [1.165, 1.54) is 102 Å². The van der Waals surface area contributed by atoms with Crippen LogP contribution in [-0.4, -0.2) is 5.11 Å². The summed E-state index contributed by atoms with van der Waals surface area (Å²) in [6.07, 6.45) is 17.5. The van der Waals surface area contributed by atoms with Crippen molar-refractivity contribution in [1.82, 2.24) is 0 Å². The van der Waals surface area contributed by atoms with Crippen molar-refractivity contribution >= 4 is 0 Å². The maximum absolute atomic E-state index is 11.7. The smallest absolute Gasteiger partial charge is 0.119 e. The zero-order valence-corrected chi connectivity index (χ0v) is 31.9. The van der Waals surface area contributed by atoms with E-state index in [-0.39, 0.29) is 0 Å². The van der Waals surface area contributed by atoms with E-state index in [4.69, 9.17) is 0 Å². The highest BCUT2D eigenvalue weighted by atomic mass is 16.3. The molecule has 0 aromatic heterocycles. The molecule has 49 heavy (non-hydrogen) atoms. The molecule has 0 aliphatic heterocycles. The number of phenols is 1. The lowest BCUT2D eigenvalue weighted by molar-refractivity contribution is 0.463. The summed E-state index contributed by atoms with van der Waals surface area (Å²) in [5.74, 6) is 1.56. The minimum Gasteiger partial charge on any atom is -0.508 e. The van der Waals surface area contributed by atoms with E-state index in [9.17, 15) is 5.11 Å². The van der Waals surface area contributed by atoms with Crippen molar-refractivity contribution in [1.29, 1.82) is 0 Å². The van der Waals surface area contributed by atoms with Crippen LogP contribution in [0.5, 0.6) is 5.75 Å². The van der Waals surface area contributed by atoms with Crippen LogP contribution in [0.1, 0.15) is 167 Å². The number of benzene rings is 4. The molecule has 4 aromatic carbocycles. The van der Waals surface area contributed by atoms with Crippen molar-refractivity contribution in [3.05, 3.63) is 135 Å². The first-order chi connectivity index (χ1) is 23.9. The zero-order valence-electron chi connectivity index (χ0n) is 31.9. The Morgan fingerprint density at radius 3 is 1.18 bits per heavy atom. The molecule has 3 unspecified atom stereocenters. The number of unbranched alkanes of at least 4 members (excludes halogenated alkanes) is 6. The van der Waals surface area contributed by atoms with Crippen LogP contribution in [0.2, 0.25) is 0 Å². The zero-order chi connectivity index (χ0) is 35.0. The summed E-state index contributed by atoms with van der Waals surface area (Å²) in [6.45, 7) is 14.0. The van der Waals surface area contributed by atoms with E-state index >= 15 is 0 Å². The number of hydrogen-bond donors (Lipinski definition) is 1. The fourth-order valence-electron chi connectivity index (χ4n) is 8.10. The Hall–Kier alpha value is -3.32. The van der Waals surface area contributed by atoms with Gasteiger partial charge in [0.15, 0.2) is 0 Å². The highest BCUT2D eigenvalue weighted by Gasteiger charge is 2.23. The second kappa shape index (κ2) is 20.4. The monoisotopic (exact) mass is 659 g/mol. The first-order valence-electron chi connectivity index (χ1n) is 19.9. The van der Waals surface area contributed by atoms with Gasteiger partial charge in [0.1, 0.15) is 5.75 Å². The molecule has 1 nitrogen and oxygen atoms in total. The summed E-state index contributed by atoms with van der Waals surface area (Å²) < 4.78 is 0. The lowest BCUT2D eigenvalue weighted by atomic mass is 9.79. The van der Waals surface area contributed by atoms with E-state index in [2.05, 4.69) is 120 Å². The van der Waals surface area contributed by atoms with Crippen LogP contribution in [0.3, 0.4) is 0 Å². The minimum absolute atomic E-state index is 0.325. The Labute approximate surface area is 300 Å². The third-order valence-electron chi connectivity index (χ3n) is 11.0. The second-order valence-corrected chi connectivity index (χ2v) is 15.0. The molecule has 0 aliphatic rings. The molecule has 4 rings (SSSR count). The highest BCUT2D eigenvalue weighted by Crippen LogP contribution is 2.38. The summed E-state index contributed by atoms with van der Waals surface area (Å²) >= 11 is 0. The molecular weight excluding hydrogens is 593 g/mol. The molecule has 1 heteroatoms. The van der Waals surface area contributed by atoms with Crippen LogP contribution >= 0.6 is 0 Å². The summed E-state index contributed by atoms with van der Waals surface area (Å²) in [5, 5.41) is 11.7. The fourth-order valence-corrected chi connectivity index (χ4v) is 8.10. The molecule has 0 fully saturated rings. The second-order valence-electron chi connectivity index (χ2n) is 15.0. The third-order valence-corrected chi connectivity index (χ3v) is 11.0. The van der Waals surface area contributed by atoms with E-state index in [0.717, 1.165) is 44.1 Å². The Morgan fingerprint density at radius 2 is 0.776 bits per heavy atom. The van der Waals surface area contributed by atoms with Crippen LogP contribution in [0, 0.1) is 0 Å². The first-order valence-corrected chi connectivity index (χ1v) is 19.9. The third kappa shape index (κ3) is 11.1. The van der Waals surface area contributed by atoms with Gasteiger partial charge in [0, 0.05) is 0 Å². The largest absolute Gasteiger partial charge is 0.508 e. The Morgan fingerprint density at radius 1 is 0.408 bits per heavy atom. The van der Waals surface area contributed by atoms with E-state index in [1.54, 1.807) is 0 Å². The van der Waals surface area contributed by atoms with Gasteiger partial charge in [-0.15, -0.1) is 0 Å². The minimum atomic E-state index is 0.325.